The Morgan fingerprint density at radius 3 is 3.04 bits per heavy atom. The van der Waals surface area contributed by atoms with Gasteiger partial charge in [-0.2, -0.15) is 0 Å². The molecular formula is C14H22N7O5P. The number of aromatic nitrogens is 4. The molecule has 1 saturated heterocycles. The van der Waals surface area contributed by atoms with E-state index >= 15 is 0 Å². The Kier molecular flexibility index (Phi) is 5.72. The van der Waals surface area contributed by atoms with Gasteiger partial charge in [0.05, 0.1) is 25.1 Å². The van der Waals surface area contributed by atoms with Crippen LogP contribution in [0.4, 0.5) is 5.82 Å². The molecule has 1 aliphatic heterocycles. The largest absolute Gasteiger partial charge is 0.403 e. The Bertz CT molecular complexity index is 875. The first-order valence-electron chi connectivity index (χ1n) is 8.36. The van der Waals surface area contributed by atoms with Crippen molar-refractivity contribution in [2.75, 3.05) is 19.4 Å². The molecule has 0 spiro atoms. The van der Waals surface area contributed by atoms with E-state index in [2.05, 4.69) is 25.4 Å². The molecule has 0 aliphatic carbocycles. The monoisotopic (exact) mass is 399 g/mol. The molecule has 13 heteroatoms. The number of carbonyl (C=O) groups excluding carboxylic acids is 1. The molecule has 1 fully saturated rings. The second-order valence-corrected chi connectivity index (χ2v) is 7.71. The van der Waals surface area contributed by atoms with Crippen LogP contribution in [-0.4, -0.2) is 56.1 Å². The highest BCUT2D eigenvalue weighted by atomic mass is 31.2. The van der Waals surface area contributed by atoms with Crippen LogP contribution in [0.2, 0.25) is 0 Å². The predicted molar refractivity (Wildman–Crippen MR) is 95.3 cm³/mol. The van der Waals surface area contributed by atoms with Crippen LogP contribution in [0, 0.1) is 0 Å². The number of likely N-dealkylation sites (N-methyl/N-ethyl adjacent to an activating group) is 1. The van der Waals surface area contributed by atoms with Crippen LogP contribution in [0.5, 0.6) is 0 Å². The lowest BCUT2D eigenvalue weighted by molar-refractivity contribution is -0.122. The summed E-state index contributed by atoms with van der Waals surface area (Å²) in [4.78, 5) is 33.6. The molecule has 27 heavy (non-hydrogen) atoms. The minimum Gasteiger partial charge on any atom is -0.382 e. The van der Waals surface area contributed by atoms with E-state index in [-0.39, 0.29) is 24.8 Å². The number of ether oxygens (including phenoxy) is 1. The molecule has 4 atom stereocenters. The van der Waals surface area contributed by atoms with Crippen molar-refractivity contribution in [3.8, 4) is 0 Å². The molecular weight excluding hydrogens is 377 g/mol. The third-order valence-electron chi connectivity index (χ3n) is 4.21. The molecule has 1 amide bonds. The summed E-state index contributed by atoms with van der Waals surface area (Å²) in [6.45, 7) is 1.37. The first kappa shape index (κ1) is 19.6. The van der Waals surface area contributed by atoms with Crippen molar-refractivity contribution in [3.05, 3.63) is 12.7 Å². The summed E-state index contributed by atoms with van der Waals surface area (Å²) < 4.78 is 24.8. The number of amides is 1. The Balaban J connectivity index is 1.57. The van der Waals surface area contributed by atoms with Crippen molar-refractivity contribution in [1.82, 2.24) is 29.9 Å². The smallest absolute Gasteiger partial charge is 0.382 e. The molecule has 3 rings (SSSR count). The molecule has 3 heterocycles. The van der Waals surface area contributed by atoms with E-state index in [1.54, 1.807) is 10.9 Å². The molecule has 0 aromatic carbocycles. The number of nitrogen functional groups attached to an aromatic ring is 1. The molecule has 2 aromatic heterocycles. The maximum atomic E-state index is 12.1. The SMILES string of the molecule is CNC(=O)[C@H](C)NP(=O)(O)OC[C@@H]1CC[C@H](n2cnc3c(N)ncnc32)O1. The number of nitrogens with two attached hydrogens (primary N) is 1. The third kappa shape index (κ3) is 4.42. The van der Waals surface area contributed by atoms with Gasteiger partial charge in [-0.1, -0.05) is 0 Å². The molecule has 0 bridgehead atoms. The second kappa shape index (κ2) is 7.87. The zero-order valence-corrected chi connectivity index (χ0v) is 15.8. The third-order valence-corrected chi connectivity index (χ3v) is 5.43. The van der Waals surface area contributed by atoms with Crippen molar-refractivity contribution in [3.63, 3.8) is 0 Å². The normalized spacial score (nSPS) is 23.2. The van der Waals surface area contributed by atoms with Crippen LogP contribution >= 0.6 is 7.75 Å². The lowest BCUT2D eigenvalue weighted by Gasteiger charge is -2.20. The average molecular weight is 399 g/mol. The number of anilines is 1. The summed E-state index contributed by atoms with van der Waals surface area (Å²) in [5.41, 5.74) is 6.83. The van der Waals surface area contributed by atoms with Gasteiger partial charge >= 0.3 is 7.75 Å². The van der Waals surface area contributed by atoms with Gasteiger partial charge in [-0.15, -0.1) is 0 Å². The lowest BCUT2D eigenvalue weighted by atomic mass is 10.2. The van der Waals surface area contributed by atoms with Gasteiger partial charge in [-0.05, 0) is 19.8 Å². The topological polar surface area (TPSA) is 167 Å². The summed E-state index contributed by atoms with van der Waals surface area (Å²) in [5.74, 6) is -0.132. The lowest BCUT2D eigenvalue weighted by Crippen LogP contribution is -2.39. The van der Waals surface area contributed by atoms with Crippen LogP contribution in [0.15, 0.2) is 12.7 Å². The Hall–Kier alpha value is -2.11. The van der Waals surface area contributed by atoms with E-state index in [0.717, 1.165) is 0 Å². The van der Waals surface area contributed by atoms with Crippen molar-refractivity contribution in [2.24, 2.45) is 0 Å². The summed E-state index contributed by atoms with van der Waals surface area (Å²) >= 11 is 0. The van der Waals surface area contributed by atoms with E-state index in [1.807, 2.05) is 0 Å². The van der Waals surface area contributed by atoms with Gasteiger partial charge in [-0.25, -0.2) is 24.6 Å². The fourth-order valence-corrected chi connectivity index (χ4v) is 3.89. The van der Waals surface area contributed by atoms with Crippen molar-refractivity contribution in [1.29, 1.82) is 0 Å². The molecule has 1 unspecified atom stereocenters. The van der Waals surface area contributed by atoms with Crippen LogP contribution in [-0.2, 0) is 18.6 Å². The number of imidazole rings is 1. The number of nitrogens with one attached hydrogen (secondary N) is 2. The molecule has 5 N–H and O–H groups in total. The van der Waals surface area contributed by atoms with Crippen molar-refractivity contribution < 1.29 is 23.5 Å². The fraction of sp³-hybridized carbons (Fsp3) is 0.571. The highest BCUT2D eigenvalue weighted by Crippen LogP contribution is 2.39. The molecule has 1 aliphatic rings. The number of hydrogen-bond donors (Lipinski definition) is 4. The maximum Gasteiger partial charge on any atom is 0.403 e. The number of carbonyl (C=O) groups is 1. The predicted octanol–water partition coefficient (Wildman–Crippen LogP) is -0.0728. The van der Waals surface area contributed by atoms with E-state index in [9.17, 15) is 14.3 Å². The average Bonchev–Trinajstić information content (AvgIpc) is 3.26. The first-order valence-corrected chi connectivity index (χ1v) is 9.93. The molecule has 2 aromatic rings. The number of hydrogen-bond acceptors (Lipinski definition) is 8. The van der Waals surface area contributed by atoms with Crippen LogP contribution in [0.1, 0.15) is 26.0 Å². The van der Waals surface area contributed by atoms with E-state index in [4.69, 9.17) is 15.0 Å². The highest BCUT2D eigenvalue weighted by Gasteiger charge is 2.32. The van der Waals surface area contributed by atoms with Gasteiger partial charge in [0.1, 0.15) is 18.1 Å². The Morgan fingerprint density at radius 2 is 2.30 bits per heavy atom. The summed E-state index contributed by atoms with van der Waals surface area (Å²) in [6.07, 6.45) is 3.48. The minimum atomic E-state index is -4.14. The zero-order chi connectivity index (χ0) is 19.6. The number of rotatable bonds is 7. The molecule has 148 valence electrons. The number of nitrogens with zero attached hydrogens (tertiary/aromatic N) is 4. The minimum absolute atomic E-state index is 0.0957. The Morgan fingerprint density at radius 1 is 1.52 bits per heavy atom. The van der Waals surface area contributed by atoms with E-state index in [0.29, 0.717) is 24.0 Å². The Labute approximate surface area is 155 Å². The first-order chi connectivity index (χ1) is 12.8. The van der Waals surface area contributed by atoms with Crippen LogP contribution in [0.25, 0.3) is 11.2 Å². The summed E-state index contributed by atoms with van der Waals surface area (Å²) in [6, 6.07) is -0.870. The van der Waals surface area contributed by atoms with Gasteiger partial charge in [0.25, 0.3) is 0 Å². The van der Waals surface area contributed by atoms with Gasteiger partial charge in [0, 0.05) is 7.05 Å². The van der Waals surface area contributed by atoms with Gasteiger partial charge in [0.15, 0.2) is 11.5 Å². The maximum absolute atomic E-state index is 12.1. The van der Waals surface area contributed by atoms with Crippen molar-refractivity contribution in [2.45, 2.75) is 38.1 Å². The van der Waals surface area contributed by atoms with E-state index in [1.165, 1.54) is 20.3 Å². The van der Waals surface area contributed by atoms with Crippen molar-refractivity contribution >= 4 is 30.6 Å². The second-order valence-electron chi connectivity index (χ2n) is 6.15. The van der Waals surface area contributed by atoms with Crippen LogP contribution in [0.3, 0.4) is 0 Å². The molecule has 0 radical (unpaired) electrons. The zero-order valence-electron chi connectivity index (χ0n) is 14.9. The number of fused-ring (bicyclic) bond motifs is 1. The van der Waals surface area contributed by atoms with Crippen LogP contribution < -0.4 is 16.1 Å². The molecule has 0 saturated carbocycles. The van der Waals surface area contributed by atoms with Gasteiger partial charge in [-0.3, -0.25) is 13.9 Å². The highest BCUT2D eigenvalue weighted by molar-refractivity contribution is 7.50. The van der Waals surface area contributed by atoms with Gasteiger partial charge in [0.2, 0.25) is 5.91 Å². The fourth-order valence-electron chi connectivity index (χ4n) is 2.84. The summed E-state index contributed by atoms with van der Waals surface area (Å²) in [7, 11) is -2.70. The summed E-state index contributed by atoms with van der Waals surface area (Å²) in [5, 5.41) is 4.66. The van der Waals surface area contributed by atoms with Gasteiger partial charge < -0.3 is 20.7 Å². The van der Waals surface area contributed by atoms with E-state index < -0.39 is 19.7 Å². The quantitative estimate of drug-likeness (QED) is 0.463. The standard InChI is InChI=1S/C14H22N7O5P/c1-8(14(22)16-2)20-27(23,24)25-5-9-3-4-10(26-9)21-7-19-11-12(15)17-6-18-13(11)21/h6-10H,3-5H2,1-2H3,(H,16,22)(H2,15,17,18)(H2,20,23,24)/t8-,9-,10+/m0/s1. The molecule has 12 nitrogen and oxygen atoms in total.